The third-order valence-corrected chi connectivity index (χ3v) is 3.92. The molecule has 0 radical (unpaired) electrons. The van der Waals surface area contributed by atoms with Crippen LogP contribution in [0.1, 0.15) is 18.4 Å². The van der Waals surface area contributed by atoms with Gasteiger partial charge in [0.1, 0.15) is 0 Å². The van der Waals surface area contributed by atoms with Crippen LogP contribution in [0.4, 0.5) is 5.69 Å². The first kappa shape index (κ1) is 16.5. The van der Waals surface area contributed by atoms with Gasteiger partial charge in [-0.05, 0) is 49.7 Å². The Hall–Kier alpha value is -1.85. The number of aromatic nitrogens is 1. The molecule has 1 aliphatic heterocycles. The van der Waals surface area contributed by atoms with E-state index in [9.17, 15) is 4.79 Å². The minimum atomic E-state index is -0.332. The van der Waals surface area contributed by atoms with Crippen LogP contribution in [-0.2, 0) is 11.2 Å². The topological polar surface area (TPSA) is 80.0 Å². The Morgan fingerprint density at radius 2 is 2.09 bits per heavy atom. The maximum Gasteiger partial charge on any atom is 0.221 e. The number of carbonyl (C=O) groups is 1. The summed E-state index contributed by atoms with van der Waals surface area (Å²) in [6.07, 6.45) is 4.21. The van der Waals surface area contributed by atoms with Gasteiger partial charge >= 0.3 is 0 Å². The molecule has 1 aromatic heterocycles. The van der Waals surface area contributed by atoms with Crippen LogP contribution in [-0.4, -0.2) is 30.0 Å². The number of benzene rings is 1. The van der Waals surface area contributed by atoms with E-state index in [1.54, 1.807) is 6.20 Å². The highest BCUT2D eigenvalue weighted by atomic mass is 35.5. The zero-order chi connectivity index (χ0) is 14.7. The van der Waals surface area contributed by atoms with Crippen LogP contribution in [0.2, 0.25) is 0 Å². The van der Waals surface area contributed by atoms with Gasteiger partial charge in [-0.3, -0.25) is 9.78 Å². The van der Waals surface area contributed by atoms with Crippen LogP contribution in [0.5, 0.6) is 0 Å². The molecule has 6 heteroatoms. The summed E-state index contributed by atoms with van der Waals surface area (Å²) in [7, 11) is 0. The lowest BCUT2D eigenvalue weighted by molar-refractivity contribution is -0.117. The molecule has 2 aromatic rings. The average Bonchev–Trinajstić information content (AvgIpc) is 2.50. The number of anilines is 1. The largest absolute Gasteiger partial charge is 0.382 e. The number of carbonyl (C=O) groups excluding carboxylic acids is 1. The van der Waals surface area contributed by atoms with Gasteiger partial charge in [0.25, 0.3) is 0 Å². The van der Waals surface area contributed by atoms with E-state index >= 15 is 0 Å². The molecule has 0 atom stereocenters. The number of hydrogen-bond acceptors (Lipinski definition) is 4. The highest BCUT2D eigenvalue weighted by molar-refractivity contribution is 5.95. The molecule has 3 rings (SSSR count). The predicted octanol–water partition coefficient (Wildman–Crippen LogP) is 1.85. The molecule has 2 heterocycles. The zero-order valence-corrected chi connectivity index (χ0v) is 13.2. The van der Waals surface area contributed by atoms with E-state index in [4.69, 9.17) is 5.73 Å². The van der Waals surface area contributed by atoms with Gasteiger partial charge in [0.15, 0.2) is 0 Å². The van der Waals surface area contributed by atoms with Crippen LogP contribution in [0, 0.1) is 0 Å². The maximum absolute atomic E-state index is 11.2. The van der Waals surface area contributed by atoms with Crippen LogP contribution in [0.15, 0.2) is 30.5 Å². The van der Waals surface area contributed by atoms with Gasteiger partial charge in [0.05, 0.1) is 11.9 Å². The van der Waals surface area contributed by atoms with E-state index in [0.29, 0.717) is 6.04 Å². The lowest BCUT2D eigenvalue weighted by atomic mass is 10.0. The summed E-state index contributed by atoms with van der Waals surface area (Å²) in [5.74, 6) is -0.332. The van der Waals surface area contributed by atoms with Crippen molar-refractivity contribution >= 4 is 34.9 Å². The molecule has 1 aliphatic rings. The van der Waals surface area contributed by atoms with Crippen molar-refractivity contribution in [3.05, 3.63) is 36.0 Å². The Kier molecular flexibility index (Phi) is 5.57. The summed E-state index contributed by atoms with van der Waals surface area (Å²) in [6.45, 7) is 2.10. The third-order valence-electron chi connectivity index (χ3n) is 3.92. The van der Waals surface area contributed by atoms with Gasteiger partial charge in [-0.15, -0.1) is 12.4 Å². The summed E-state index contributed by atoms with van der Waals surface area (Å²) in [5, 5.41) is 8.02. The molecule has 0 saturated carbocycles. The summed E-state index contributed by atoms with van der Waals surface area (Å²) in [5.41, 5.74) is 8.14. The van der Waals surface area contributed by atoms with Gasteiger partial charge in [0.2, 0.25) is 5.91 Å². The number of amides is 1. The van der Waals surface area contributed by atoms with Crippen molar-refractivity contribution in [2.45, 2.75) is 25.3 Å². The number of pyridine rings is 1. The molecule has 1 aromatic carbocycles. The third kappa shape index (κ3) is 3.67. The van der Waals surface area contributed by atoms with Crippen molar-refractivity contribution in [3.63, 3.8) is 0 Å². The average molecular weight is 321 g/mol. The Balaban J connectivity index is 0.00000176. The Bertz CT molecular complexity index is 656. The van der Waals surface area contributed by atoms with Gasteiger partial charge in [0, 0.05) is 23.3 Å². The quantitative estimate of drug-likeness (QED) is 0.803. The number of rotatable bonds is 4. The van der Waals surface area contributed by atoms with Crippen molar-refractivity contribution in [1.82, 2.24) is 10.3 Å². The van der Waals surface area contributed by atoms with Crippen LogP contribution < -0.4 is 16.4 Å². The summed E-state index contributed by atoms with van der Waals surface area (Å²) < 4.78 is 0. The van der Waals surface area contributed by atoms with Crippen molar-refractivity contribution in [2.75, 3.05) is 18.4 Å². The smallest absolute Gasteiger partial charge is 0.221 e. The number of nitrogens with two attached hydrogens (primary N) is 1. The first-order chi connectivity index (χ1) is 10.2. The molecular weight excluding hydrogens is 300 g/mol. The fourth-order valence-electron chi connectivity index (χ4n) is 2.87. The van der Waals surface area contributed by atoms with E-state index in [1.807, 2.05) is 24.3 Å². The molecule has 1 fully saturated rings. The van der Waals surface area contributed by atoms with Crippen molar-refractivity contribution < 1.29 is 4.79 Å². The fourth-order valence-corrected chi connectivity index (χ4v) is 2.87. The SMILES string of the molecule is Cl.NC(=O)Cc1ccc(NC2CCNCC2)c2cccnc12. The molecule has 4 N–H and O–H groups in total. The van der Waals surface area contributed by atoms with E-state index in [1.165, 1.54) is 0 Å². The summed E-state index contributed by atoms with van der Waals surface area (Å²) in [6, 6.07) is 8.42. The minimum absolute atomic E-state index is 0. The second-order valence-electron chi connectivity index (χ2n) is 5.48. The van der Waals surface area contributed by atoms with Crippen molar-refractivity contribution in [1.29, 1.82) is 0 Å². The Labute approximate surface area is 136 Å². The molecule has 0 spiro atoms. The molecule has 0 unspecified atom stereocenters. The molecule has 118 valence electrons. The molecular formula is C16H21ClN4O. The van der Waals surface area contributed by atoms with E-state index in [0.717, 1.165) is 48.1 Å². The normalized spacial score (nSPS) is 15.3. The van der Waals surface area contributed by atoms with Gasteiger partial charge < -0.3 is 16.4 Å². The van der Waals surface area contributed by atoms with Crippen LogP contribution in [0.25, 0.3) is 10.9 Å². The molecule has 1 amide bonds. The number of hydrogen-bond donors (Lipinski definition) is 3. The highest BCUT2D eigenvalue weighted by Crippen LogP contribution is 2.27. The standard InChI is InChI=1S/C16H20N4O.ClH/c17-15(21)10-11-3-4-14(13-2-1-7-19-16(11)13)20-12-5-8-18-9-6-12;/h1-4,7,12,18,20H,5-6,8-10H2,(H2,17,21);1H. The van der Waals surface area contributed by atoms with Gasteiger partial charge in [-0.2, -0.15) is 0 Å². The van der Waals surface area contributed by atoms with Crippen molar-refractivity contribution in [2.24, 2.45) is 5.73 Å². The zero-order valence-electron chi connectivity index (χ0n) is 12.3. The predicted molar refractivity (Wildman–Crippen MR) is 91.4 cm³/mol. The number of nitrogens with zero attached hydrogens (tertiary/aromatic N) is 1. The van der Waals surface area contributed by atoms with Crippen LogP contribution >= 0.6 is 12.4 Å². The molecule has 1 saturated heterocycles. The minimum Gasteiger partial charge on any atom is -0.382 e. The Morgan fingerprint density at radius 3 is 2.82 bits per heavy atom. The van der Waals surface area contributed by atoms with Gasteiger partial charge in [-0.1, -0.05) is 6.07 Å². The number of nitrogens with one attached hydrogen (secondary N) is 2. The molecule has 5 nitrogen and oxygen atoms in total. The number of halogens is 1. The first-order valence-corrected chi connectivity index (χ1v) is 7.36. The summed E-state index contributed by atoms with van der Waals surface area (Å²) >= 11 is 0. The molecule has 0 aliphatic carbocycles. The van der Waals surface area contributed by atoms with E-state index < -0.39 is 0 Å². The first-order valence-electron chi connectivity index (χ1n) is 7.36. The summed E-state index contributed by atoms with van der Waals surface area (Å²) in [4.78, 5) is 15.6. The number of primary amides is 1. The highest BCUT2D eigenvalue weighted by Gasteiger charge is 2.15. The molecule has 22 heavy (non-hydrogen) atoms. The lowest BCUT2D eigenvalue weighted by Gasteiger charge is -2.25. The fraction of sp³-hybridized carbons (Fsp3) is 0.375. The van der Waals surface area contributed by atoms with Crippen molar-refractivity contribution in [3.8, 4) is 0 Å². The second kappa shape index (κ2) is 7.42. The second-order valence-corrected chi connectivity index (χ2v) is 5.48. The molecule has 0 bridgehead atoms. The number of piperidine rings is 1. The monoisotopic (exact) mass is 320 g/mol. The van der Waals surface area contributed by atoms with Gasteiger partial charge in [-0.25, -0.2) is 0 Å². The van der Waals surface area contributed by atoms with E-state index in [2.05, 4.69) is 15.6 Å². The van der Waals surface area contributed by atoms with Crippen LogP contribution in [0.3, 0.4) is 0 Å². The number of fused-ring (bicyclic) bond motifs is 1. The van der Waals surface area contributed by atoms with E-state index in [-0.39, 0.29) is 24.7 Å². The Morgan fingerprint density at radius 1 is 1.32 bits per heavy atom. The lowest BCUT2D eigenvalue weighted by Crippen LogP contribution is -2.35. The maximum atomic E-state index is 11.2.